The van der Waals surface area contributed by atoms with E-state index in [4.69, 9.17) is 5.73 Å². The van der Waals surface area contributed by atoms with Crippen LogP contribution in [-0.4, -0.2) is 23.4 Å². The summed E-state index contributed by atoms with van der Waals surface area (Å²) in [6, 6.07) is -0.614. The van der Waals surface area contributed by atoms with Gasteiger partial charge in [-0.3, -0.25) is 20.4 Å². The summed E-state index contributed by atoms with van der Waals surface area (Å²) in [7, 11) is 0. The molecule has 0 aliphatic carbocycles. The van der Waals surface area contributed by atoms with Crippen molar-refractivity contribution in [1.29, 1.82) is 0 Å². The number of hydrogen-bond acceptors (Lipinski definition) is 4. The smallest absolute Gasteiger partial charge is 0.297 e. The van der Waals surface area contributed by atoms with Gasteiger partial charge in [-0.25, -0.2) is 0 Å². The van der Waals surface area contributed by atoms with Crippen molar-refractivity contribution in [1.82, 2.24) is 10.9 Å². The molecule has 5 nitrogen and oxygen atoms in total. The Bertz CT molecular complexity index is 160. The minimum Gasteiger partial charge on any atom is -0.320 e. The van der Waals surface area contributed by atoms with Crippen molar-refractivity contribution in [3.05, 3.63) is 0 Å². The van der Waals surface area contributed by atoms with Crippen LogP contribution >= 0.6 is 11.8 Å². The maximum atomic E-state index is 10.7. The van der Waals surface area contributed by atoms with E-state index in [-0.39, 0.29) is 5.24 Å². The zero-order chi connectivity index (χ0) is 8.85. The van der Waals surface area contributed by atoms with Gasteiger partial charge in [-0.15, -0.1) is 0 Å². The van der Waals surface area contributed by atoms with Crippen LogP contribution in [-0.2, 0) is 4.79 Å². The molecule has 0 aromatic carbocycles. The van der Waals surface area contributed by atoms with Gasteiger partial charge >= 0.3 is 0 Å². The summed E-state index contributed by atoms with van der Waals surface area (Å²) in [4.78, 5) is 21.2. The molecule has 0 aliphatic rings. The Morgan fingerprint density at radius 1 is 1.45 bits per heavy atom. The van der Waals surface area contributed by atoms with E-state index in [9.17, 15) is 9.59 Å². The zero-order valence-corrected chi connectivity index (χ0v) is 7.20. The first kappa shape index (κ1) is 10.2. The molecule has 0 aromatic heterocycles. The number of nitrogens with one attached hydrogen (secondary N) is 2. The predicted molar refractivity (Wildman–Crippen MR) is 43.8 cm³/mol. The lowest BCUT2D eigenvalue weighted by Crippen LogP contribution is -2.47. The molecule has 0 rings (SSSR count). The number of carbonyl (C=O) groups excluding carboxylic acids is 2. The number of rotatable bonds is 1. The Hall–Kier alpha value is -0.750. The fourth-order valence-corrected chi connectivity index (χ4v) is 0.431. The van der Waals surface area contributed by atoms with Gasteiger partial charge in [0.15, 0.2) is 0 Å². The Morgan fingerprint density at radius 2 is 2.00 bits per heavy atom. The summed E-state index contributed by atoms with van der Waals surface area (Å²) in [5.41, 5.74) is 9.50. The van der Waals surface area contributed by atoms with E-state index >= 15 is 0 Å². The van der Waals surface area contributed by atoms with Gasteiger partial charge < -0.3 is 5.73 Å². The summed E-state index contributed by atoms with van der Waals surface area (Å²) < 4.78 is 0. The predicted octanol–water partition coefficient (Wildman–Crippen LogP) is -0.563. The largest absolute Gasteiger partial charge is 0.320 e. The summed E-state index contributed by atoms with van der Waals surface area (Å²) in [5, 5.41) is -0.320. The first-order valence-electron chi connectivity index (χ1n) is 2.97. The van der Waals surface area contributed by atoms with Gasteiger partial charge in [0.05, 0.1) is 6.04 Å². The van der Waals surface area contributed by atoms with Gasteiger partial charge in [-0.2, -0.15) is 0 Å². The fraction of sp³-hybridized carbons (Fsp3) is 0.600. The minimum absolute atomic E-state index is 0.320. The summed E-state index contributed by atoms with van der Waals surface area (Å²) in [6.07, 6.45) is 1.60. The van der Waals surface area contributed by atoms with Crippen LogP contribution < -0.4 is 16.6 Å². The van der Waals surface area contributed by atoms with E-state index in [0.29, 0.717) is 0 Å². The highest BCUT2D eigenvalue weighted by molar-refractivity contribution is 8.12. The molecule has 0 spiro atoms. The quantitative estimate of drug-likeness (QED) is 0.469. The molecular formula is C5H11N3O2S. The lowest BCUT2D eigenvalue weighted by molar-refractivity contribution is -0.122. The number of nitrogens with two attached hydrogens (primary N) is 1. The number of amides is 2. The normalized spacial score (nSPS) is 11.9. The van der Waals surface area contributed by atoms with E-state index in [2.05, 4.69) is 10.9 Å². The van der Waals surface area contributed by atoms with Crippen LogP contribution in [0.4, 0.5) is 4.79 Å². The molecule has 0 aliphatic heterocycles. The molecule has 0 fully saturated rings. The van der Waals surface area contributed by atoms with Crippen molar-refractivity contribution < 1.29 is 9.59 Å². The maximum Gasteiger partial charge on any atom is 0.297 e. The molecule has 0 aromatic rings. The Labute approximate surface area is 69.1 Å². The highest BCUT2D eigenvalue weighted by atomic mass is 32.2. The molecule has 11 heavy (non-hydrogen) atoms. The first-order chi connectivity index (χ1) is 5.07. The molecular weight excluding hydrogens is 166 g/mol. The van der Waals surface area contributed by atoms with Gasteiger partial charge in [0, 0.05) is 0 Å². The molecule has 0 bridgehead atoms. The lowest BCUT2D eigenvalue weighted by atomic mass is 10.4. The van der Waals surface area contributed by atoms with Crippen LogP contribution in [0.3, 0.4) is 0 Å². The maximum absolute atomic E-state index is 10.7. The Kier molecular flexibility index (Phi) is 4.64. The number of thioether (sulfide) groups is 1. The molecule has 1 atom stereocenters. The standard InChI is InChI=1S/C5H11N3O2S/c1-3(6)4(9)7-8-5(10)11-2/h3H,6H2,1-2H3,(H,7,9)(H,8,10)/t3-/m0/s1. The monoisotopic (exact) mass is 177 g/mol. The minimum atomic E-state index is -0.614. The highest BCUT2D eigenvalue weighted by Gasteiger charge is 2.06. The first-order valence-corrected chi connectivity index (χ1v) is 4.19. The van der Waals surface area contributed by atoms with E-state index in [1.807, 2.05) is 0 Å². The van der Waals surface area contributed by atoms with Crippen LogP contribution in [0.1, 0.15) is 6.92 Å². The Morgan fingerprint density at radius 3 is 2.36 bits per heavy atom. The van der Waals surface area contributed by atoms with E-state index < -0.39 is 11.9 Å². The molecule has 0 radical (unpaired) electrons. The van der Waals surface area contributed by atoms with Crippen LogP contribution in [0.25, 0.3) is 0 Å². The van der Waals surface area contributed by atoms with Crippen LogP contribution in [0.2, 0.25) is 0 Å². The summed E-state index contributed by atoms with van der Waals surface area (Å²) in [5.74, 6) is -0.410. The molecule has 0 unspecified atom stereocenters. The molecule has 4 N–H and O–H groups in total. The topological polar surface area (TPSA) is 84.2 Å². The number of carbonyl (C=O) groups is 2. The third-order valence-corrected chi connectivity index (χ3v) is 1.36. The van der Waals surface area contributed by atoms with Gasteiger partial charge in [0.1, 0.15) is 0 Å². The van der Waals surface area contributed by atoms with Crippen LogP contribution in [0.5, 0.6) is 0 Å². The van der Waals surface area contributed by atoms with Crippen molar-refractivity contribution in [2.45, 2.75) is 13.0 Å². The highest BCUT2D eigenvalue weighted by Crippen LogP contribution is 1.89. The van der Waals surface area contributed by atoms with Gasteiger partial charge in [0.25, 0.3) is 11.1 Å². The second kappa shape index (κ2) is 4.97. The average Bonchev–Trinajstić information content (AvgIpc) is 1.99. The molecule has 0 heterocycles. The zero-order valence-electron chi connectivity index (χ0n) is 6.38. The third kappa shape index (κ3) is 4.63. The van der Waals surface area contributed by atoms with Crippen LogP contribution in [0.15, 0.2) is 0 Å². The third-order valence-electron chi connectivity index (χ3n) is 0.887. The van der Waals surface area contributed by atoms with Crippen molar-refractivity contribution in [3.8, 4) is 0 Å². The molecule has 64 valence electrons. The van der Waals surface area contributed by atoms with E-state index in [0.717, 1.165) is 11.8 Å². The van der Waals surface area contributed by atoms with Crippen molar-refractivity contribution in [2.75, 3.05) is 6.26 Å². The lowest BCUT2D eigenvalue weighted by Gasteiger charge is -2.06. The fourth-order valence-electron chi connectivity index (χ4n) is 0.277. The van der Waals surface area contributed by atoms with E-state index in [1.54, 1.807) is 6.26 Å². The van der Waals surface area contributed by atoms with E-state index in [1.165, 1.54) is 6.92 Å². The average molecular weight is 177 g/mol. The molecule has 0 saturated heterocycles. The van der Waals surface area contributed by atoms with Crippen molar-refractivity contribution in [3.63, 3.8) is 0 Å². The SMILES string of the molecule is CSC(=O)NNC(=O)[C@H](C)N. The summed E-state index contributed by atoms with van der Waals surface area (Å²) >= 11 is 0.973. The molecule has 0 saturated carbocycles. The second-order valence-corrected chi connectivity index (χ2v) is 2.67. The van der Waals surface area contributed by atoms with Crippen LogP contribution in [0, 0.1) is 0 Å². The number of hydrazine groups is 1. The van der Waals surface area contributed by atoms with Gasteiger partial charge in [-0.05, 0) is 13.2 Å². The Balaban J connectivity index is 3.54. The molecule has 6 heteroatoms. The molecule has 2 amide bonds. The van der Waals surface area contributed by atoms with Gasteiger partial charge in [0.2, 0.25) is 0 Å². The van der Waals surface area contributed by atoms with Crippen molar-refractivity contribution in [2.24, 2.45) is 5.73 Å². The number of hydrogen-bond donors (Lipinski definition) is 3. The summed E-state index contributed by atoms with van der Waals surface area (Å²) in [6.45, 7) is 1.53. The van der Waals surface area contributed by atoms with Crippen molar-refractivity contribution >= 4 is 22.9 Å². The van der Waals surface area contributed by atoms with Gasteiger partial charge in [-0.1, -0.05) is 11.8 Å². The second-order valence-electron chi connectivity index (χ2n) is 1.89.